The standard InChI is InChI=1S/C32H29F3N6O2/c1-20-30(21(2)40(38-20)19-22-10-9-15-25(16-22)43-24-13-7-4-8-14-24)37-31(42)27-18-29-36-26(23-11-5-3-6-12-23)17-28(32(33,34)35)41(29)39-27/h3-16,18,26,28,36H,17,19H2,1-2H3,(H,37,42)/t26-,28-/m0/s1. The SMILES string of the molecule is Cc1nn(Cc2cccc(Oc3ccccc3)c2)c(C)c1NC(=O)c1cc2n(n1)[C@H](C(F)(F)F)C[C@@H](c1ccccc1)N2. The second-order valence-electron chi connectivity index (χ2n) is 10.5. The molecule has 220 valence electrons. The summed E-state index contributed by atoms with van der Waals surface area (Å²) in [7, 11) is 0. The Hall–Kier alpha value is -5.06. The van der Waals surface area contributed by atoms with Crippen molar-refractivity contribution in [2.45, 2.75) is 45.1 Å². The number of amides is 1. The number of hydrogen-bond donors (Lipinski definition) is 2. The molecule has 0 saturated heterocycles. The Balaban J connectivity index is 1.20. The number of nitrogens with one attached hydrogen (secondary N) is 2. The second kappa shape index (κ2) is 11.3. The Bertz CT molecular complexity index is 1750. The average molecular weight is 587 g/mol. The van der Waals surface area contributed by atoms with Crippen LogP contribution in [0.15, 0.2) is 91.0 Å². The van der Waals surface area contributed by atoms with Gasteiger partial charge >= 0.3 is 6.18 Å². The van der Waals surface area contributed by atoms with Crippen molar-refractivity contribution in [1.82, 2.24) is 19.6 Å². The minimum Gasteiger partial charge on any atom is -0.457 e. The van der Waals surface area contributed by atoms with E-state index in [1.165, 1.54) is 6.07 Å². The maximum atomic E-state index is 14.1. The fourth-order valence-corrected chi connectivity index (χ4v) is 5.30. The van der Waals surface area contributed by atoms with Crippen LogP contribution < -0.4 is 15.4 Å². The molecule has 5 aromatic rings. The van der Waals surface area contributed by atoms with E-state index in [1.807, 2.05) is 67.6 Å². The molecule has 1 amide bonds. The van der Waals surface area contributed by atoms with Gasteiger partial charge in [0, 0.05) is 12.5 Å². The highest BCUT2D eigenvalue weighted by atomic mass is 19.4. The van der Waals surface area contributed by atoms with Crippen molar-refractivity contribution in [2.75, 3.05) is 10.6 Å². The molecule has 11 heteroatoms. The fraction of sp³-hybridized carbons (Fsp3) is 0.219. The van der Waals surface area contributed by atoms with E-state index in [4.69, 9.17) is 4.74 Å². The number of aromatic nitrogens is 4. The number of ether oxygens (including phenoxy) is 1. The normalized spacial score (nSPS) is 16.3. The van der Waals surface area contributed by atoms with Crippen molar-refractivity contribution in [3.05, 3.63) is 119 Å². The molecule has 0 unspecified atom stereocenters. The number of nitrogens with zero attached hydrogens (tertiary/aromatic N) is 4. The third kappa shape index (κ3) is 5.97. The van der Waals surface area contributed by atoms with Gasteiger partial charge < -0.3 is 15.4 Å². The first-order valence-electron chi connectivity index (χ1n) is 13.8. The largest absolute Gasteiger partial charge is 0.457 e. The van der Waals surface area contributed by atoms with E-state index in [-0.39, 0.29) is 17.9 Å². The highest BCUT2D eigenvalue weighted by molar-refractivity contribution is 6.04. The van der Waals surface area contributed by atoms with Crippen molar-refractivity contribution < 1.29 is 22.7 Å². The Labute approximate surface area is 246 Å². The Kier molecular flexibility index (Phi) is 7.39. The van der Waals surface area contributed by atoms with Gasteiger partial charge in [0.1, 0.15) is 17.3 Å². The molecule has 8 nitrogen and oxygen atoms in total. The van der Waals surface area contributed by atoms with Crippen LogP contribution in [0.25, 0.3) is 0 Å². The highest BCUT2D eigenvalue weighted by Crippen LogP contribution is 2.43. The zero-order chi connectivity index (χ0) is 30.1. The maximum absolute atomic E-state index is 14.1. The zero-order valence-corrected chi connectivity index (χ0v) is 23.5. The molecule has 1 aliphatic rings. The van der Waals surface area contributed by atoms with Crippen LogP contribution in [0.2, 0.25) is 0 Å². The van der Waals surface area contributed by atoms with Gasteiger partial charge in [-0.05, 0) is 49.2 Å². The van der Waals surface area contributed by atoms with Crippen LogP contribution in [0.4, 0.5) is 24.7 Å². The molecule has 0 radical (unpaired) electrons. The molecule has 43 heavy (non-hydrogen) atoms. The van der Waals surface area contributed by atoms with Crippen molar-refractivity contribution in [3.63, 3.8) is 0 Å². The molecular formula is C32H29F3N6O2. The molecule has 2 aromatic heterocycles. The van der Waals surface area contributed by atoms with Gasteiger partial charge in [-0.25, -0.2) is 4.68 Å². The number of para-hydroxylation sites is 1. The Morgan fingerprint density at radius 1 is 0.953 bits per heavy atom. The lowest BCUT2D eigenvalue weighted by Crippen LogP contribution is -2.35. The summed E-state index contributed by atoms with van der Waals surface area (Å²) in [5.74, 6) is 0.922. The first-order chi connectivity index (χ1) is 20.7. The number of carbonyl (C=O) groups is 1. The Morgan fingerprint density at radius 2 is 1.65 bits per heavy atom. The van der Waals surface area contributed by atoms with Crippen molar-refractivity contribution >= 4 is 17.4 Å². The number of halogens is 3. The molecule has 0 saturated carbocycles. The smallest absolute Gasteiger partial charge is 0.410 e. The molecule has 0 fully saturated rings. The lowest BCUT2D eigenvalue weighted by molar-refractivity contribution is -0.173. The number of rotatable bonds is 7. The van der Waals surface area contributed by atoms with Gasteiger partial charge in [0.05, 0.1) is 29.7 Å². The quantitative estimate of drug-likeness (QED) is 0.207. The third-order valence-electron chi connectivity index (χ3n) is 7.45. The van der Waals surface area contributed by atoms with Gasteiger partial charge in [-0.3, -0.25) is 9.48 Å². The number of fused-ring (bicyclic) bond motifs is 1. The first-order valence-corrected chi connectivity index (χ1v) is 13.8. The van der Waals surface area contributed by atoms with Gasteiger partial charge in [0.2, 0.25) is 0 Å². The maximum Gasteiger partial charge on any atom is 0.410 e. The summed E-state index contributed by atoms with van der Waals surface area (Å²) >= 11 is 0. The number of alkyl halides is 3. The van der Waals surface area contributed by atoms with E-state index in [9.17, 15) is 18.0 Å². The van der Waals surface area contributed by atoms with Crippen LogP contribution in [0, 0.1) is 13.8 Å². The van der Waals surface area contributed by atoms with E-state index >= 15 is 0 Å². The molecule has 0 bridgehead atoms. The van der Waals surface area contributed by atoms with Gasteiger partial charge in [0.15, 0.2) is 11.7 Å². The predicted octanol–water partition coefficient (Wildman–Crippen LogP) is 7.45. The molecule has 0 aliphatic carbocycles. The van der Waals surface area contributed by atoms with E-state index in [0.717, 1.165) is 21.6 Å². The monoisotopic (exact) mass is 586 g/mol. The van der Waals surface area contributed by atoms with Gasteiger partial charge in [-0.15, -0.1) is 0 Å². The fourth-order valence-electron chi connectivity index (χ4n) is 5.30. The van der Waals surface area contributed by atoms with Crippen molar-refractivity contribution in [1.29, 1.82) is 0 Å². The molecular weight excluding hydrogens is 557 g/mol. The van der Waals surface area contributed by atoms with Gasteiger partial charge in [0.25, 0.3) is 5.91 Å². The summed E-state index contributed by atoms with van der Waals surface area (Å²) in [5.41, 5.74) is 3.29. The van der Waals surface area contributed by atoms with Crippen LogP contribution >= 0.6 is 0 Å². The van der Waals surface area contributed by atoms with Gasteiger partial charge in [-0.1, -0.05) is 60.7 Å². The molecule has 2 atom stereocenters. The molecule has 1 aliphatic heterocycles. The molecule has 6 rings (SSSR count). The third-order valence-corrected chi connectivity index (χ3v) is 7.45. The summed E-state index contributed by atoms with van der Waals surface area (Å²) in [6, 6.07) is 24.9. The Morgan fingerprint density at radius 3 is 2.37 bits per heavy atom. The number of aryl methyl sites for hydroxylation is 1. The second-order valence-corrected chi connectivity index (χ2v) is 10.5. The van der Waals surface area contributed by atoms with E-state index < -0.39 is 24.2 Å². The van der Waals surface area contributed by atoms with Crippen LogP contribution in [-0.4, -0.2) is 31.6 Å². The number of carbonyl (C=O) groups excluding carboxylic acids is 1. The average Bonchev–Trinajstić information content (AvgIpc) is 3.54. The number of hydrogen-bond acceptors (Lipinski definition) is 5. The number of benzene rings is 3. The molecule has 2 N–H and O–H groups in total. The van der Waals surface area contributed by atoms with Crippen LogP contribution in [0.5, 0.6) is 11.5 Å². The van der Waals surface area contributed by atoms with E-state index in [1.54, 1.807) is 35.9 Å². The summed E-state index contributed by atoms with van der Waals surface area (Å²) < 4.78 is 50.8. The lowest BCUT2D eigenvalue weighted by atomic mass is 9.97. The van der Waals surface area contributed by atoms with Crippen LogP contribution in [0.3, 0.4) is 0 Å². The van der Waals surface area contributed by atoms with Gasteiger partial charge in [-0.2, -0.15) is 23.4 Å². The molecule has 3 aromatic carbocycles. The van der Waals surface area contributed by atoms with Crippen LogP contribution in [0.1, 0.15) is 51.5 Å². The number of anilines is 2. The lowest BCUT2D eigenvalue weighted by Gasteiger charge is -2.33. The van der Waals surface area contributed by atoms with E-state index in [0.29, 0.717) is 29.4 Å². The topological polar surface area (TPSA) is 86.0 Å². The summed E-state index contributed by atoms with van der Waals surface area (Å²) in [6.45, 7) is 4.01. The minimum atomic E-state index is -4.54. The minimum absolute atomic E-state index is 0.122. The van der Waals surface area contributed by atoms with Crippen molar-refractivity contribution in [2.24, 2.45) is 0 Å². The zero-order valence-electron chi connectivity index (χ0n) is 23.5. The van der Waals surface area contributed by atoms with Crippen LogP contribution in [-0.2, 0) is 6.54 Å². The molecule has 3 heterocycles. The van der Waals surface area contributed by atoms with E-state index in [2.05, 4.69) is 20.8 Å². The highest BCUT2D eigenvalue weighted by Gasteiger charge is 2.46. The first kappa shape index (κ1) is 28.1. The summed E-state index contributed by atoms with van der Waals surface area (Å²) in [4.78, 5) is 13.3. The predicted molar refractivity (Wildman–Crippen MR) is 156 cm³/mol. The molecule has 0 spiro atoms. The summed E-state index contributed by atoms with van der Waals surface area (Å²) in [6.07, 6.45) is -4.78. The summed E-state index contributed by atoms with van der Waals surface area (Å²) in [5, 5.41) is 14.6. The van der Waals surface area contributed by atoms with Crippen molar-refractivity contribution in [3.8, 4) is 11.5 Å².